The first kappa shape index (κ1) is 15.8. The Bertz CT molecular complexity index is 423. The quantitative estimate of drug-likeness (QED) is 0.817. The van der Waals surface area contributed by atoms with E-state index in [1.165, 1.54) is 18.4 Å². The fourth-order valence-corrected chi connectivity index (χ4v) is 2.65. The van der Waals surface area contributed by atoms with Gasteiger partial charge in [0.15, 0.2) is 0 Å². The minimum Gasteiger partial charge on any atom is -0.497 e. The van der Waals surface area contributed by atoms with Crippen molar-refractivity contribution in [1.29, 1.82) is 0 Å². The second kappa shape index (κ2) is 8.67. The first-order valence-corrected chi connectivity index (χ1v) is 7.91. The predicted octanol–water partition coefficient (Wildman–Crippen LogP) is 2.23. The molecule has 1 saturated heterocycles. The Morgan fingerprint density at radius 2 is 1.81 bits per heavy atom. The maximum absolute atomic E-state index is 12.1. The van der Waals surface area contributed by atoms with Crippen molar-refractivity contribution in [1.82, 2.24) is 10.2 Å². The van der Waals surface area contributed by atoms with Crippen LogP contribution in [0.2, 0.25) is 0 Å². The fraction of sp³-hybridized carbons (Fsp3) is 0.588. The number of methoxy groups -OCH3 is 1. The Morgan fingerprint density at radius 3 is 2.43 bits per heavy atom. The van der Waals surface area contributed by atoms with Gasteiger partial charge in [0, 0.05) is 13.1 Å². The maximum atomic E-state index is 12.1. The van der Waals surface area contributed by atoms with Crippen molar-refractivity contribution >= 4 is 5.91 Å². The van der Waals surface area contributed by atoms with Gasteiger partial charge in [-0.1, -0.05) is 25.0 Å². The molecule has 116 valence electrons. The zero-order valence-corrected chi connectivity index (χ0v) is 12.9. The lowest BCUT2D eigenvalue weighted by molar-refractivity contribution is -0.130. The van der Waals surface area contributed by atoms with Crippen LogP contribution in [0.1, 0.15) is 31.2 Å². The lowest BCUT2D eigenvalue weighted by atomic mass is 10.1. The van der Waals surface area contributed by atoms with Crippen LogP contribution in [0, 0.1) is 0 Å². The predicted molar refractivity (Wildman–Crippen MR) is 84.6 cm³/mol. The summed E-state index contributed by atoms with van der Waals surface area (Å²) in [4.78, 5) is 14.1. The van der Waals surface area contributed by atoms with Gasteiger partial charge in [0.25, 0.3) is 0 Å². The van der Waals surface area contributed by atoms with Crippen molar-refractivity contribution in [3.05, 3.63) is 29.8 Å². The number of hydrogen-bond acceptors (Lipinski definition) is 3. The van der Waals surface area contributed by atoms with E-state index in [1.54, 1.807) is 7.11 Å². The third-order valence-electron chi connectivity index (χ3n) is 3.98. The average Bonchev–Trinajstić information content (AvgIpc) is 2.81. The molecule has 2 rings (SSSR count). The smallest absolute Gasteiger partial charge is 0.236 e. The normalized spacial score (nSPS) is 15.6. The highest BCUT2D eigenvalue weighted by Crippen LogP contribution is 2.11. The van der Waals surface area contributed by atoms with Gasteiger partial charge in [-0.05, 0) is 43.5 Å². The van der Waals surface area contributed by atoms with Gasteiger partial charge < -0.3 is 15.0 Å². The van der Waals surface area contributed by atoms with Crippen molar-refractivity contribution in [2.45, 2.75) is 32.1 Å². The Morgan fingerprint density at radius 1 is 1.14 bits per heavy atom. The van der Waals surface area contributed by atoms with Crippen molar-refractivity contribution < 1.29 is 9.53 Å². The van der Waals surface area contributed by atoms with Gasteiger partial charge >= 0.3 is 0 Å². The Balaban J connectivity index is 1.65. The third-order valence-corrected chi connectivity index (χ3v) is 3.98. The molecule has 0 radical (unpaired) electrons. The van der Waals surface area contributed by atoms with Crippen molar-refractivity contribution in [3.8, 4) is 5.75 Å². The lowest BCUT2D eigenvalue weighted by Crippen LogP contribution is -2.39. The molecule has 1 N–H and O–H groups in total. The number of likely N-dealkylation sites (tertiary alicyclic amines) is 1. The molecule has 1 aliphatic heterocycles. The summed E-state index contributed by atoms with van der Waals surface area (Å²) in [7, 11) is 1.67. The Labute approximate surface area is 127 Å². The summed E-state index contributed by atoms with van der Waals surface area (Å²) >= 11 is 0. The first-order chi connectivity index (χ1) is 10.3. The largest absolute Gasteiger partial charge is 0.497 e. The second-order valence-corrected chi connectivity index (χ2v) is 5.57. The summed E-state index contributed by atoms with van der Waals surface area (Å²) in [5.41, 5.74) is 1.26. The van der Waals surface area contributed by atoms with Crippen LogP contribution >= 0.6 is 0 Å². The molecule has 0 unspecified atom stereocenters. The number of carbonyl (C=O) groups excluding carboxylic acids is 1. The van der Waals surface area contributed by atoms with Gasteiger partial charge in [-0.15, -0.1) is 0 Å². The van der Waals surface area contributed by atoms with Gasteiger partial charge in [0.1, 0.15) is 5.75 Å². The SMILES string of the molecule is COc1ccc(CCNCC(=O)N2CCCCCC2)cc1. The van der Waals surface area contributed by atoms with Crippen LogP contribution in [-0.4, -0.2) is 44.1 Å². The molecule has 1 amide bonds. The molecule has 1 aromatic carbocycles. The molecule has 0 bridgehead atoms. The minimum absolute atomic E-state index is 0.242. The van der Waals surface area contributed by atoms with E-state index in [4.69, 9.17) is 4.74 Å². The van der Waals surface area contributed by atoms with Gasteiger partial charge in [-0.25, -0.2) is 0 Å². The molecule has 0 saturated carbocycles. The number of carbonyl (C=O) groups is 1. The number of rotatable bonds is 6. The molecule has 0 spiro atoms. The topological polar surface area (TPSA) is 41.6 Å². The molecule has 1 aromatic rings. The second-order valence-electron chi connectivity index (χ2n) is 5.57. The van der Waals surface area contributed by atoms with Crippen LogP contribution < -0.4 is 10.1 Å². The summed E-state index contributed by atoms with van der Waals surface area (Å²) in [5, 5.41) is 3.26. The number of amides is 1. The van der Waals surface area contributed by atoms with Crippen molar-refractivity contribution in [2.24, 2.45) is 0 Å². The van der Waals surface area contributed by atoms with E-state index in [-0.39, 0.29) is 5.91 Å². The maximum Gasteiger partial charge on any atom is 0.236 e. The Hall–Kier alpha value is -1.55. The molecule has 0 aromatic heterocycles. The summed E-state index contributed by atoms with van der Waals surface area (Å²) in [5.74, 6) is 1.12. The van der Waals surface area contributed by atoms with E-state index >= 15 is 0 Å². The van der Waals surface area contributed by atoms with Crippen LogP contribution in [-0.2, 0) is 11.2 Å². The lowest BCUT2D eigenvalue weighted by Gasteiger charge is -2.20. The summed E-state index contributed by atoms with van der Waals surface area (Å²) in [6.07, 6.45) is 5.75. The molecule has 21 heavy (non-hydrogen) atoms. The van der Waals surface area contributed by atoms with Crippen LogP contribution in [0.25, 0.3) is 0 Å². The number of nitrogens with zero attached hydrogens (tertiary/aromatic N) is 1. The molecular weight excluding hydrogens is 264 g/mol. The summed E-state index contributed by atoms with van der Waals surface area (Å²) in [6, 6.07) is 8.07. The monoisotopic (exact) mass is 290 g/mol. The van der Waals surface area contributed by atoms with E-state index in [2.05, 4.69) is 17.4 Å². The zero-order valence-electron chi connectivity index (χ0n) is 12.9. The molecule has 4 nitrogen and oxygen atoms in total. The van der Waals surface area contributed by atoms with Gasteiger partial charge in [0.2, 0.25) is 5.91 Å². The Kier molecular flexibility index (Phi) is 6.54. The molecule has 4 heteroatoms. The molecule has 1 heterocycles. The van der Waals surface area contributed by atoms with Gasteiger partial charge in [0.05, 0.1) is 13.7 Å². The highest BCUT2D eigenvalue weighted by Gasteiger charge is 2.14. The van der Waals surface area contributed by atoms with E-state index in [0.29, 0.717) is 6.54 Å². The average molecular weight is 290 g/mol. The van der Waals surface area contributed by atoms with E-state index < -0.39 is 0 Å². The standard InChI is InChI=1S/C17H26N2O2/c1-21-16-8-6-15(7-9-16)10-11-18-14-17(20)19-12-4-2-3-5-13-19/h6-9,18H,2-5,10-14H2,1H3. The molecular formula is C17H26N2O2. The summed E-state index contributed by atoms with van der Waals surface area (Å²) < 4.78 is 5.14. The van der Waals surface area contributed by atoms with Crippen LogP contribution in [0.5, 0.6) is 5.75 Å². The van der Waals surface area contributed by atoms with Crippen molar-refractivity contribution in [2.75, 3.05) is 33.3 Å². The van der Waals surface area contributed by atoms with Crippen molar-refractivity contribution in [3.63, 3.8) is 0 Å². The number of benzene rings is 1. The number of nitrogens with one attached hydrogen (secondary N) is 1. The molecule has 0 aliphatic carbocycles. The van der Waals surface area contributed by atoms with Gasteiger partial charge in [-0.2, -0.15) is 0 Å². The summed E-state index contributed by atoms with van der Waals surface area (Å²) in [6.45, 7) is 3.14. The number of hydrogen-bond donors (Lipinski definition) is 1. The van der Waals surface area contributed by atoms with Gasteiger partial charge in [-0.3, -0.25) is 4.79 Å². The highest BCUT2D eigenvalue weighted by atomic mass is 16.5. The molecule has 1 aliphatic rings. The van der Waals surface area contributed by atoms with E-state index in [0.717, 1.165) is 44.6 Å². The molecule has 1 fully saturated rings. The van der Waals surface area contributed by atoms with Crippen LogP contribution in [0.3, 0.4) is 0 Å². The highest BCUT2D eigenvalue weighted by molar-refractivity contribution is 5.78. The first-order valence-electron chi connectivity index (χ1n) is 7.91. The van der Waals surface area contributed by atoms with Crippen LogP contribution in [0.4, 0.5) is 0 Å². The van der Waals surface area contributed by atoms with E-state index in [9.17, 15) is 4.79 Å². The fourth-order valence-electron chi connectivity index (χ4n) is 2.65. The minimum atomic E-state index is 0.242. The van der Waals surface area contributed by atoms with E-state index in [1.807, 2.05) is 17.0 Å². The molecule has 0 atom stereocenters. The number of ether oxygens (including phenoxy) is 1. The third kappa shape index (κ3) is 5.38. The zero-order chi connectivity index (χ0) is 14.9. The van der Waals surface area contributed by atoms with Crippen LogP contribution in [0.15, 0.2) is 24.3 Å².